The van der Waals surface area contributed by atoms with Crippen LogP contribution in [-0.2, 0) is 6.42 Å². The van der Waals surface area contributed by atoms with E-state index in [9.17, 15) is 0 Å². The first-order valence-corrected chi connectivity index (χ1v) is 6.87. The summed E-state index contributed by atoms with van der Waals surface area (Å²) in [7, 11) is 0. The van der Waals surface area contributed by atoms with Crippen molar-refractivity contribution in [3.63, 3.8) is 0 Å². The maximum absolute atomic E-state index is 4.63. The Balaban J connectivity index is 1.71. The molecule has 2 aromatic rings. The van der Waals surface area contributed by atoms with E-state index in [0.29, 0.717) is 5.25 Å². The molecule has 2 aromatic carbocycles. The van der Waals surface area contributed by atoms with E-state index in [-0.39, 0.29) is 0 Å². The lowest BCUT2D eigenvalue weighted by Gasteiger charge is -2.12. The molecule has 2 rings (SSSR count). The molecule has 0 heterocycles. The minimum Gasteiger partial charge on any atom is -0.384 e. The molecule has 0 fully saturated rings. The summed E-state index contributed by atoms with van der Waals surface area (Å²) in [5.41, 5.74) is 2.55. The van der Waals surface area contributed by atoms with Gasteiger partial charge in [0.1, 0.15) is 0 Å². The molecule has 2 heteroatoms. The molecule has 0 saturated carbocycles. The van der Waals surface area contributed by atoms with Gasteiger partial charge in [0.05, 0.1) is 0 Å². The fourth-order valence-corrected chi connectivity index (χ4v) is 2.09. The Morgan fingerprint density at radius 2 is 1.50 bits per heavy atom. The summed E-state index contributed by atoms with van der Waals surface area (Å²) >= 11 is 4.63. The van der Waals surface area contributed by atoms with Crippen molar-refractivity contribution in [3.05, 3.63) is 66.2 Å². The van der Waals surface area contributed by atoms with Gasteiger partial charge in [0.2, 0.25) is 0 Å². The Hall–Kier alpha value is -1.41. The van der Waals surface area contributed by atoms with Crippen molar-refractivity contribution >= 4 is 18.3 Å². The molecule has 0 aliphatic carbocycles. The van der Waals surface area contributed by atoms with Crippen LogP contribution in [0.5, 0.6) is 0 Å². The van der Waals surface area contributed by atoms with Gasteiger partial charge in [0.15, 0.2) is 0 Å². The molecule has 0 aromatic heterocycles. The molecule has 1 N–H and O–H groups in total. The predicted octanol–water partition coefficient (Wildman–Crippen LogP) is 4.03. The third-order valence-corrected chi connectivity index (χ3v) is 3.37. The highest BCUT2D eigenvalue weighted by molar-refractivity contribution is 7.81. The molecule has 1 atom stereocenters. The smallest absolute Gasteiger partial charge is 0.0340 e. The van der Waals surface area contributed by atoms with Crippen molar-refractivity contribution in [1.29, 1.82) is 0 Å². The zero-order valence-corrected chi connectivity index (χ0v) is 11.3. The van der Waals surface area contributed by atoms with Crippen LogP contribution in [0.1, 0.15) is 12.0 Å². The fraction of sp³-hybridized carbons (Fsp3) is 0.250. The maximum Gasteiger partial charge on any atom is 0.0340 e. The number of nitrogens with one attached hydrogen (secondary N) is 1. The molecule has 0 radical (unpaired) electrons. The van der Waals surface area contributed by atoms with Crippen molar-refractivity contribution in [2.75, 3.05) is 11.9 Å². The largest absolute Gasteiger partial charge is 0.384 e. The van der Waals surface area contributed by atoms with Crippen LogP contribution >= 0.6 is 12.6 Å². The van der Waals surface area contributed by atoms with Gasteiger partial charge >= 0.3 is 0 Å². The molecular weight excluding hydrogens is 238 g/mol. The number of hydrogen-bond acceptors (Lipinski definition) is 2. The molecule has 0 aliphatic heterocycles. The monoisotopic (exact) mass is 257 g/mol. The second-order valence-corrected chi connectivity index (χ2v) is 5.16. The summed E-state index contributed by atoms with van der Waals surface area (Å²) < 4.78 is 0. The fourth-order valence-electron chi connectivity index (χ4n) is 1.87. The average molecular weight is 257 g/mol. The van der Waals surface area contributed by atoms with E-state index in [0.717, 1.165) is 25.1 Å². The van der Waals surface area contributed by atoms with Crippen LogP contribution in [0.3, 0.4) is 0 Å². The highest BCUT2D eigenvalue weighted by Gasteiger charge is 2.03. The van der Waals surface area contributed by atoms with E-state index in [1.807, 2.05) is 18.2 Å². The molecule has 0 aliphatic rings. The Morgan fingerprint density at radius 1 is 0.889 bits per heavy atom. The van der Waals surface area contributed by atoms with Crippen molar-refractivity contribution in [3.8, 4) is 0 Å². The van der Waals surface area contributed by atoms with Gasteiger partial charge in [-0.05, 0) is 30.5 Å². The third-order valence-electron chi connectivity index (χ3n) is 2.92. The van der Waals surface area contributed by atoms with Gasteiger partial charge in [-0.25, -0.2) is 0 Å². The van der Waals surface area contributed by atoms with Crippen LogP contribution in [-0.4, -0.2) is 11.8 Å². The number of hydrogen-bond donors (Lipinski definition) is 2. The second kappa shape index (κ2) is 7.12. The van der Waals surface area contributed by atoms with E-state index < -0.39 is 0 Å². The Kier molecular flexibility index (Phi) is 5.15. The highest BCUT2D eigenvalue weighted by Crippen LogP contribution is 2.11. The van der Waals surface area contributed by atoms with Gasteiger partial charge in [-0.1, -0.05) is 48.5 Å². The van der Waals surface area contributed by atoms with Crippen LogP contribution < -0.4 is 5.32 Å². The minimum absolute atomic E-state index is 0.380. The summed E-state index contributed by atoms with van der Waals surface area (Å²) in [5.74, 6) is 0. The van der Waals surface area contributed by atoms with Crippen LogP contribution in [0.2, 0.25) is 0 Å². The summed E-state index contributed by atoms with van der Waals surface area (Å²) in [5, 5.41) is 3.78. The van der Waals surface area contributed by atoms with Crippen molar-refractivity contribution in [2.45, 2.75) is 18.1 Å². The van der Waals surface area contributed by atoms with Crippen LogP contribution in [0, 0.1) is 0 Å². The molecule has 0 spiro atoms. The molecule has 94 valence electrons. The Bertz CT molecular complexity index is 398. The SMILES string of the molecule is SC(CCc1ccccc1)CNc1ccccc1. The van der Waals surface area contributed by atoms with E-state index in [1.165, 1.54) is 5.56 Å². The Labute approximate surface area is 115 Å². The zero-order chi connectivity index (χ0) is 12.6. The van der Waals surface area contributed by atoms with Gasteiger partial charge in [-0.3, -0.25) is 0 Å². The number of benzene rings is 2. The Morgan fingerprint density at radius 3 is 2.17 bits per heavy atom. The quantitative estimate of drug-likeness (QED) is 0.745. The normalized spacial score (nSPS) is 12.1. The van der Waals surface area contributed by atoms with Gasteiger partial charge in [-0.15, -0.1) is 0 Å². The summed E-state index contributed by atoms with van der Waals surface area (Å²) in [6.07, 6.45) is 2.18. The summed E-state index contributed by atoms with van der Waals surface area (Å²) in [6.45, 7) is 0.903. The van der Waals surface area contributed by atoms with Gasteiger partial charge < -0.3 is 5.32 Å². The lowest BCUT2D eigenvalue weighted by molar-refractivity contribution is 0.785. The van der Waals surface area contributed by atoms with Crippen LogP contribution in [0.25, 0.3) is 0 Å². The molecule has 0 saturated heterocycles. The number of aryl methyl sites for hydroxylation is 1. The predicted molar refractivity (Wildman–Crippen MR) is 82.5 cm³/mol. The highest BCUT2D eigenvalue weighted by atomic mass is 32.1. The molecule has 1 nitrogen and oxygen atoms in total. The van der Waals surface area contributed by atoms with Gasteiger partial charge in [0.25, 0.3) is 0 Å². The van der Waals surface area contributed by atoms with Gasteiger partial charge in [-0.2, -0.15) is 12.6 Å². The van der Waals surface area contributed by atoms with Gasteiger partial charge in [0, 0.05) is 17.5 Å². The first-order valence-electron chi connectivity index (χ1n) is 6.35. The zero-order valence-electron chi connectivity index (χ0n) is 10.4. The first-order chi connectivity index (χ1) is 8.84. The summed E-state index contributed by atoms with van der Waals surface area (Å²) in [6, 6.07) is 20.8. The minimum atomic E-state index is 0.380. The van der Waals surface area contributed by atoms with Crippen molar-refractivity contribution in [1.82, 2.24) is 0 Å². The number of para-hydroxylation sites is 1. The standard InChI is InChI=1S/C16H19NS/c18-16(12-11-14-7-3-1-4-8-14)13-17-15-9-5-2-6-10-15/h1-10,16-18H,11-13H2. The average Bonchev–Trinajstić information content (AvgIpc) is 2.45. The van der Waals surface area contributed by atoms with E-state index in [2.05, 4.69) is 60.4 Å². The lowest BCUT2D eigenvalue weighted by Crippen LogP contribution is -2.15. The first kappa shape index (κ1) is 13.0. The van der Waals surface area contributed by atoms with Crippen molar-refractivity contribution in [2.24, 2.45) is 0 Å². The molecule has 0 amide bonds. The van der Waals surface area contributed by atoms with Crippen LogP contribution in [0.4, 0.5) is 5.69 Å². The summed E-state index contributed by atoms with van der Waals surface area (Å²) in [4.78, 5) is 0. The third kappa shape index (κ3) is 4.46. The maximum atomic E-state index is 4.63. The molecule has 0 bridgehead atoms. The van der Waals surface area contributed by atoms with Crippen LogP contribution in [0.15, 0.2) is 60.7 Å². The topological polar surface area (TPSA) is 12.0 Å². The van der Waals surface area contributed by atoms with E-state index in [1.54, 1.807) is 0 Å². The molecule has 1 unspecified atom stereocenters. The second-order valence-electron chi connectivity index (χ2n) is 4.43. The lowest BCUT2D eigenvalue weighted by atomic mass is 10.1. The number of rotatable bonds is 6. The van der Waals surface area contributed by atoms with E-state index >= 15 is 0 Å². The van der Waals surface area contributed by atoms with E-state index in [4.69, 9.17) is 0 Å². The van der Waals surface area contributed by atoms with Crippen molar-refractivity contribution < 1.29 is 0 Å². The number of anilines is 1. The molecular formula is C16H19NS. The molecule has 18 heavy (non-hydrogen) atoms. The number of thiol groups is 1.